The molecule has 0 aliphatic heterocycles. The lowest BCUT2D eigenvalue weighted by Gasteiger charge is -2.04. The molecule has 0 radical (unpaired) electrons. The lowest BCUT2D eigenvalue weighted by molar-refractivity contribution is 0.480. The van der Waals surface area contributed by atoms with E-state index in [9.17, 15) is 13.5 Å². The highest BCUT2D eigenvalue weighted by atomic mass is 32.2. The average molecular weight is 282 g/mol. The van der Waals surface area contributed by atoms with Crippen molar-refractivity contribution in [3.63, 3.8) is 0 Å². The first-order valence-corrected chi connectivity index (χ1v) is 6.88. The van der Waals surface area contributed by atoms with Crippen LogP contribution in [0.15, 0.2) is 27.6 Å². The van der Waals surface area contributed by atoms with E-state index in [2.05, 4.69) is 9.50 Å². The van der Waals surface area contributed by atoms with Crippen molar-refractivity contribution < 1.29 is 13.5 Å². The first-order chi connectivity index (χ1) is 8.83. The normalized spacial score (nSPS) is 12.4. The third-order valence-corrected chi connectivity index (χ3v) is 3.78. The number of hydrogen-bond donors (Lipinski definition) is 1. The highest BCUT2D eigenvalue weighted by Crippen LogP contribution is 2.30. The smallest absolute Gasteiger partial charge is 0.301 e. The molecule has 7 nitrogen and oxygen atoms in total. The van der Waals surface area contributed by atoms with Crippen molar-refractivity contribution in [1.82, 2.24) is 14.7 Å². The third kappa shape index (κ3) is 2.39. The Morgan fingerprint density at radius 3 is 2.74 bits per heavy atom. The molecule has 8 heteroatoms. The third-order valence-electron chi connectivity index (χ3n) is 2.45. The minimum atomic E-state index is -3.92. The van der Waals surface area contributed by atoms with Gasteiger partial charge in [0.1, 0.15) is 12.1 Å². The maximum Gasteiger partial charge on any atom is 0.301 e. The standard InChI is InChI=1S/C11H14N4O3S/c1-14(2)7-12-19(17,18)11-10-8(13-15(11)3)5-4-6-9(10)16/h4-7,16H,1-3H3. The van der Waals surface area contributed by atoms with Crippen LogP contribution in [0.4, 0.5) is 0 Å². The Balaban J connectivity index is 2.72. The summed E-state index contributed by atoms with van der Waals surface area (Å²) in [5, 5.41) is 13.9. The summed E-state index contributed by atoms with van der Waals surface area (Å²) in [6.45, 7) is 0. The van der Waals surface area contributed by atoms with Gasteiger partial charge < -0.3 is 10.0 Å². The zero-order valence-corrected chi connectivity index (χ0v) is 11.6. The molecule has 0 spiro atoms. The Morgan fingerprint density at radius 2 is 2.11 bits per heavy atom. The molecule has 0 atom stereocenters. The number of sulfonamides is 1. The van der Waals surface area contributed by atoms with Crippen molar-refractivity contribution in [3.8, 4) is 5.75 Å². The van der Waals surface area contributed by atoms with Crippen LogP contribution in [0.2, 0.25) is 0 Å². The van der Waals surface area contributed by atoms with Crippen LogP contribution >= 0.6 is 0 Å². The highest BCUT2D eigenvalue weighted by Gasteiger charge is 2.24. The Hall–Kier alpha value is -2.09. The van der Waals surface area contributed by atoms with Gasteiger partial charge in [-0.05, 0) is 12.1 Å². The predicted octanol–water partition coefficient (Wildman–Crippen LogP) is 0.558. The number of fused-ring (bicyclic) bond motifs is 1. The molecule has 0 amide bonds. The molecule has 102 valence electrons. The largest absolute Gasteiger partial charge is 0.507 e. The number of nitrogens with zero attached hydrogens (tertiary/aromatic N) is 4. The summed E-state index contributed by atoms with van der Waals surface area (Å²) >= 11 is 0. The summed E-state index contributed by atoms with van der Waals surface area (Å²) < 4.78 is 29.1. The van der Waals surface area contributed by atoms with Gasteiger partial charge in [-0.3, -0.25) is 4.68 Å². The molecular formula is C11H14N4O3S. The summed E-state index contributed by atoms with van der Waals surface area (Å²) in [6, 6.07) is 4.65. The molecule has 0 aliphatic rings. The van der Waals surface area contributed by atoms with Crippen LogP contribution < -0.4 is 0 Å². The van der Waals surface area contributed by atoms with Crippen molar-refractivity contribution in [3.05, 3.63) is 18.2 Å². The van der Waals surface area contributed by atoms with Crippen molar-refractivity contribution in [1.29, 1.82) is 0 Å². The van der Waals surface area contributed by atoms with Gasteiger partial charge in [0.15, 0.2) is 5.03 Å². The SMILES string of the molecule is CN(C)C=NS(=O)(=O)c1c2c(O)cccc2nn1C. The Labute approximate surface area is 110 Å². The number of hydrogen-bond acceptors (Lipinski definition) is 4. The van der Waals surface area contributed by atoms with Gasteiger partial charge in [-0.25, -0.2) is 0 Å². The number of phenolic OH excluding ortho intramolecular Hbond substituents is 1. The molecule has 1 aromatic carbocycles. The summed E-state index contributed by atoms with van der Waals surface area (Å²) in [4.78, 5) is 1.51. The maximum absolute atomic E-state index is 12.2. The number of benzene rings is 1. The van der Waals surface area contributed by atoms with Crippen molar-refractivity contribution >= 4 is 27.3 Å². The van der Waals surface area contributed by atoms with Crippen molar-refractivity contribution in [2.45, 2.75) is 5.03 Å². The number of phenols is 1. The molecular weight excluding hydrogens is 268 g/mol. The molecule has 1 aromatic heterocycles. The van der Waals surface area contributed by atoms with Gasteiger partial charge >= 0.3 is 10.0 Å². The van der Waals surface area contributed by atoms with E-state index in [-0.39, 0.29) is 16.2 Å². The van der Waals surface area contributed by atoms with Gasteiger partial charge in [0.05, 0.1) is 10.9 Å². The number of aryl methyl sites for hydroxylation is 1. The van der Waals surface area contributed by atoms with Gasteiger partial charge in [-0.15, -0.1) is 4.40 Å². The lowest BCUT2D eigenvalue weighted by atomic mass is 10.2. The highest BCUT2D eigenvalue weighted by molar-refractivity contribution is 7.90. The van der Waals surface area contributed by atoms with Crippen LogP contribution in [-0.2, 0) is 17.1 Å². The minimum Gasteiger partial charge on any atom is -0.507 e. The lowest BCUT2D eigenvalue weighted by Crippen LogP contribution is -2.12. The van der Waals surface area contributed by atoms with E-state index in [1.807, 2.05) is 0 Å². The molecule has 19 heavy (non-hydrogen) atoms. The Morgan fingerprint density at radius 1 is 1.42 bits per heavy atom. The zero-order valence-electron chi connectivity index (χ0n) is 10.8. The van der Waals surface area contributed by atoms with Gasteiger partial charge in [0, 0.05) is 21.1 Å². The molecule has 2 rings (SSSR count). The maximum atomic E-state index is 12.2. The fourth-order valence-corrected chi connectivity index (χ4v) is 2.96. The molecule has 0 aliphatic carbocycles. The van der Waals surface area contributed by atoms with E-state index >= 15 is 0 Å². The summed E-state index contributed by atoms with van der Waals surface area (Å²) in [7, 11) is 0.903. The molecule has 1 heterocycles. The molecule has 2 aromatic rings. The second-order valence-corrected chi connectivity index (χ2v) is 5.81. The molecule has 0 fully saturated rings. The van der Waals surface area contributed by atoms with Gasteiger partial charge in [0.25, 0.3) is 0 Å². The molecule has 0 bridgehead atoms. The minimum absolute atomic E-state index is 0.126. The number of aromatic nitrogens is 2. The van der Waals surface area contributed by atoms with E-state index < -0.39 is 10.0 Å². The van der Waals surface area contributed by atoms with E-state index in [4.69, 9.17) is 0 Å². The number of aromatic hydroxyl groups is 1. The topological polar surface area (TPSA) is 87.8 Å². The van der Waals surface area contributed by atoms with E-state index in [1.165, 1.54) is 29.0 Å². The monoisotopic (exact) mass is 282 g/mol. The van der Waals surface area contributed by atoms with Gasteiger partial charge in [-0.2, -0.15) is 13.5 Å². The second kappa shape index (κ2) is 4.54. The second-order valence-electron chi connectivity index (χ2n) is 4.26. The Kier molecular flexibility index (Phi) is 3.19. The molecule has 0 unspecified atom stereocenters. The average Bonchev–Trinajstić information content (AvgIpc) is 2.65. The zero-order chi connectivity index (χ0) is 14.2. The van der Waals surface area contributed by atoms with E-state index in [0.717, 1.165) is 0 Å². The molecule has 0 saturated carbocycles. The van der Waals surface area contributed by atoms with Gasteiger partial charge in [0.2, 0.25) is 0 Å². The van der Waals surface area contributed by atoms with Gasteiger partial charge in [-0.1, -0.05) is 6.07 Å². The fourth-order valence-electron chi connectivity index (χ4n) is 1.70. The summed E-state index contributed by atoms with van der Waals surface area (Å²) in [5.41, 5.74) is 0.404. The summed E-state index contributed by atoms with van der Waals surface area (Å²) in [5.74, 6) is -0.135. The first kappa shape index (κ1) is 13.3. The van der Waals surface area contributed by atoms with Crippen LogP contribution in [-0.4, -0.2) is 48.6 Å². The first-order valence-electron chi connectivity index (χ1n) is 5.44. The van der Waals surface area contributed by atoms with Crippen molar-refractivity contribution in [2.24, 2.45) is 11.4 Å². The van der Waals surface area contributed by atoms with Crippen LogP contribution in [0, 0.1) is 0 Å². The molecule has 1 N–H and O–H groups in total. The van der Waals surface area contributed by atoms with Crippen LogP contribution in [0.1, 0.15) is 0 Å². The predicted molar refractivity (Wildman–Crippen MR) is 71.7 cm³/mol. The molecule has 0 saturated heterocycles. The van der Waals surface area contributed by atoms with E-state index in [1.54, 1.807) is 26.2 Å². The summed E-state index contributed by atoms with van der Waals surface area (Å²) in [6.07, 6.45) is 1.19. The van der Waals surface area contributed by atoms with Crippen LogP contribution in [0.3, 0.4) is 0 Å². The quantitative estimate of drug-likeness (QED) is 0.656. The number of rotatable bonds is 3. The van der Waals surface area contributed by atoms with Crippen LogP contribution in [0.5, 0.6) is 5.75 Å². The van der Waals surface area contributed by atoms with E-state index in [0.29, 0.717) is 5.52 Å². The van der Waals surface area contributed by atoms with Crippen molar-refractivity contribution in [2.75, 3.05) is 14.1 Å². The fraction of sp³-hybridized carbons (Fsp3) is 0.273. The Bertz CT molecular complexity index is 747. The van der Waals surface area contributed by atoms with Crippen LogP contribution in [0.25, 0.3) is 10.9 Å².